The summed E-state index contributed by atoms with van der Waals surface area (Å²) in [5.74, 6) is 0.867. The number of anilines is 1. The van der Waals surface area contributed by atoms with Crippen molar-refractivity contribution in [1.82, 2.24) is 15.1 Å². The highest BCUT2D eigenvalue weighted by molar-refractivity contribution is 5.86. The van der Waals surface area contributed by atoms with E-state index in [9.17, 15) is 13.6 Å². The van der Waals surface area contributed by atoms with Crippen molar-refractivity contribution < 1.29 is 27.6 Å². The van der Waals surface area contributed by atoms with Crippen LogP contribution in [0.3, 0.4) is 0 Å². The molecular formula is C21H20F2N4O4. The largest absolute Gasteiger partial charge is 0.486 e. The number of carbonyl (C=O) groups is 1. The van der Waals surface area contributed by atoms with E-state index in [-0.39, 0.29) is 11.9 Å². The van der Waals surface area contributed by atoms with Gasteiger partial charge >= 0.3 is 6.29 Å². The van der Waals surface area contributed by atoms with Gasteiger partial charge in [0, 0.05) is 18.1 Å². The Balaban J connectivity index is 0.000000158. The van der Waals surface area contributed by atoms with Crippen molar-refractivity contribution in [2.45, 2.75) is 39.3 Å². The fraction of sp³-hybridized carbons (Fsp3) is 0.286. The lowest BCUT2D eigenvalue weighted by molar-refractivity contribution is -0.346. The van der Waals surface area contributed by atoms with Crippen LogP contribution in [-0.4, -0.2) is 39.5 Å². The Kier molecular flexibility index (Phi) is 5.42. The number of benzene rings is 1. The van der Waals surface area contributed by atoms with Crippen molar-refractivity contribution in [1.29, 1.82) is 0 Å². The van der Waals surface area contributed by atoms with Crippen LogP contribution in [0.4, 0.5) is 14.7 Å². The smallest absolute Gasteiger partial charge is 0.361 e. The van der Waals surface area contributed by atoms with Crippen LogP contribution in [0.2, 0.25) is 0 Å². The van der Waals surface area contributed by atoms with E-state index in [0.717, 1.165) is 22.6 Å². The summed E-state index contributed by atoms with van der Waals surface area (Å²) in [7, 11) is 0. The third-order valence-corrected chi connectivity index (χ3v) is 4.78. The highest BCUT2D eigenvalue weighted by atomic mass is 19.3. The molecule has 1 aromatic carbocycles. The first-order chi connectivity index (χ1) is 14.7. The number of aryl methyl sites for hydroxylation is 1. The monoisotopic (exact) mass is 430 g/mol. The number of rotatable bonds is 2. The molecule has 10 heteroatoms. The minimum atomic E-state index is -3.58. The summed E-state index contributed by atoms with van der Waals surface area (Å²) < 4.78 is 39.6. The fourth-order valence-electron chi connectivity index (χ4n) is 3.22. The molecule has 2 aromatic heterocycles. The summed E-state index contributed by atoms with van der Waals surface area (Å²) in [6, 6.07) is 10.1. The van der Waals surface area contributed by atoms with Gasteiger partial charge in [0.05, 0.1) is 10.7 Å². The normalized spacial score (nSPS) is 20.4. The Hall–Kier alpha value is -3.37. The van der Waals surface area contributed by atoms with Crippen LogP contribution < -0.4 is 16.0 Å². The second kappa shape index (κ2) is 8.05. The molecule has 2 aliphatic rings. The number of aromatic amines is 1. The van der Waals surface area contributed by atoms with Crippen molar-refractivity contribution in [3.05, 3.63) is 52.4 Å². The van der Waals surface area contributed by atoms with Crippen LogP contribution >= 0.6 is 0 Å². The summed E-state index contributed by atoms with van der Waals surface area (Å²) in [4.78, 5) is 17.7. The molecule has 8 nitrogen and oxygen atoms in total. The minimum absolute atomic E-state index is 0.256. The summed E-state index contributed by atoms with van der Waals surface area (Å²) >= 11 is 0. The molecule has 2 N–H and O–H groups in total. The predicted molar refractivity (Wildman–Crippen MR) is 107 cm³/mol. The van der Waals surface area contributed by atoms with Crippen molar-refractivity contribution in [3.63, 3.8) is 0 Å². The van der Waals surface area contributed by atoms with Crippen molar-refractivity contribution in [2.75, 3.05) is 5.32 Å². The lowest BCUT2D eigenvalue weighted by Crippen LogP contribution is -2.36. The number of carbonyl (C=O) groups excluding carboxylic acids is 1. The van der Waals surface area contributed by atoms with Gasteiger partial charge in [-0.3, -0.25) is 19.6 Å². The zero-order valence-electron chi connectivity index (χ0n) is 17.0. The van der Waals surface area contributed by atoms with E-state index >= 15 is 0 Å². The number of amides is 1. The molecule has 1 amide bonds. The fourth-order valence-corrected chi connectivity index (χ4v) is 3.22. The number of hydrogen-bond acceptors (Lipinski definition) is 6. The Morgan fingerprint density at radius 1 is 1.13 bits per heavy atom. The summed E-state index contributed by atoms with van der Waals surface area (Å²) in [5.41, 5.74) is 3.17. The molecular weight excluding hydrogens is 410 g/mol. The van der Waals surface area contributed by atoms with Crippen molar-refractivity contribution in [3.8, 4) is 11.3 Å². The molecule has 31 heavy (non-hydrogen) atoms. The van der Waals surface area contributed by atoms with Crippen molar-refractivity contribution >= 4 is 24.0 Å². The van der Waals surface area contributed by atoms with Crippen LogP contribution in [0.1, 0.15) is 18.2 Å². The molecule has 3 aromatic rings. The average Bonchev–Trinajstić information content (AvgIpc) is 3.33. The number of imidazole rings is 1. The maximum atomic E-state index is 12.9. The predicted octanol–water partition coefficient (Wildman–Crippen LogP) is 2.24. The van der Waals surface area contributed by atoms with Gasteiger partial charge in [0.2, 0.25) is 11.9 Å². The SMILES string of the molecule is CC(=O)Nc1nc2c([nH]1)=CC1OC(F)(F)OC1C=2.Cc1onc(-c2ccccc2)c1C. The Labute approximate surface area is 175 Å². The molecule has 0 saturated carbocycles. The van der Waals surface area contributed by atoms with Gasteiger partial charge in [-0.2, -0.15) is 0 Å². The molecule has 1 aliphatic carbocycles. The van der Waals surface area contributed by atoms with E-state index in [1.807, 2.05) is 44.2 Å². The third kappa shape index (κ3) is 4.54. The molecule has 0 bridgehead atoms. The molecule has 3 heterocycles. The van der Waals surface area contributed by atoms with Crippen LogP contribution in [0.25, 0.3) is 23.4 Å². The highest BCUT2D eigenvalue weighted by Crippen LogP contribution is 2.33. The molecule has 0 radical (unpaired) electrons. The lowest BCUT2D eigenvalue weighted by Gasteiger charge is -2.08. The van der Waals surface area contributed by atoms with Crippen LogP contribution in [0.15, 0.2) is 34.9 Å². The molecule has 1 aliphatic heterocycles. The Morgan fingerprint density at radius 2 is 1.81 bits per heavy atom. The minimum Gasteiger partial charge on any atom is -0.361 e. The van der Waals surface area contributed by atoms with E-state index < -0.39 is 18.5 Å². The maximum Gasteiger partial charge on any atom is 0.486 e. The number of ether oxygens (including phenoxy) is 2. The number of halogens is 2. The second-order valence-corrected chi connectivity index (χ2v) is 7.11. The van der Waals surface area contributed by atoms with Gasteiger partial charge < -0.3 is 9.51 Å². The van der Waals surface area contributed by atoms with Crippen LogP contribution in [0.5, 0.6) is 0 Å². The second-order valence-electron chi connectivity index (χ2n) is 7.11. The van der Waals surface area contributed by atoms with Gasteiger partial charge in [0.25, 0.3) is 0 Å². The summed E-state index contributed by atoms with van der Waals surface area (Å²) in [5, 5.41) is 7.44. The first-order valence-corrected chi connectivity index (χ1v) is 9.51. The quantitative estimate of drug-likeness (QED) is 0.647. The molecule has 2 atom stereocenters. The number of aromatic nitrogens is 3. The van der Waals surface area contributed by atoms with Crippen LogP contribution in [-0.2, 0) is 14.3 Å². The Morgan fingerprint density at radius 3 is 2.42 bits per heavy atom. The van der Waals surface area contributed by atoms with E-state index in [1.54, 1.807) is 0 Å². The zero-order chi connectivity index (χ0) is 22.2. The number of nitrogens with one attached hydrogen (secondary N) is 2. The van der Waals surface area contributed by atoms with E-state index in [1.165, 1.54) is 19.1 Å². The van der Waals surface area contributed by atoms with Gasteiger partial charge in [0.1, 0.15) is 23.7 Å². The highest BCUT2D eigenvalue weighted by Gasteiger charge is 2.48. The van der Waals surface area contributed by atoms with Gasteiger partial charge in [-0.25, -0.2) is 4.98 Å². The van der Waals surface area contributed by atoms with E-state index in [4.69, 9.17) is 4.52 Å². The standard InChI is InChI=1S/C11H11NO.C10H9F2N3O3/c1-8-9(2)13-12-11(8)10-6-4-3-5-7-10;1-4(16)13-9-14-5-2-7-8(3-6(5)15-9)18-10(11,12)17-7/h3-7H,1-2H3;2-3,7-8H,1H3,(H2,13,14,15,16). The number of fused-ring (bicyclic) bond motifs is 2. The van der Waals surface area contributed by atoms with E-state index in [2.05, 4.69) is 29.9 Å². The number of alkyl halides is 2. The number of nitrogens with zero attached hydrogens (tertiary/aromatic N) is 2. The maximum absolute atomic E-state index is 12.9. The molecule has 162 valence electrons. The molecule has 1 saturated heterocycles. The number of hydrogen-bond donors (Lipinski definition) is 2. The Bertz CT molecular complexity index is 1180. The topological polar surface area (TPSA) is 102 Å². The van der Waals surface area contributed by atoms with Gasteiger partial charge in [0.15, 0.2) is 0 Å². The van der Waals surface area contributed by atoms with Gasteiger partial charge in [-0.05, 0) is 26.0 Å². The molecule has 0 spiro atoms. The molecule has 2 unspecified atom stereocenters. The van der Waals surface area contributed by atoms with E-state index in [0.29, 0.717) is 10.7 Å². The molecule has 5 rings (SSSR count). The third-order valence-electron chi connectivity index (χ3n) is 4.78. The lowest BCUT2D eigenvalue weighted by atomic mass is 10.1. The van der Waals surface area contributed by atoms with Gasteiger partial charge in [-0.15, -0.1) is 8.78 Å². The summed E-state index contributed by atoms with van der Waals surface area (Å²) in [6.07, 6.45) is -2.42. The summed E-state index contributed by atoms with van der Waals surface area (Å²) in [6.45, 7) is 5.29. The number of H-pyrrole nitrogens is 1. The van der Waals surface area contributed by atoms with Crippen molar-refractivity contribution in [2.24, 2.45) is 0 Å². The molecule has 1 fully saturated rings. The van der Waals surface area contributed by atoms with Gasteiger partial charge in [-0.1, -0.05) is 35.5 Å². The zero-order valence-corrected chi connectivity index (χ0v) is 17.0. The first-order valence-electron chi connectivity index (χ1n) is 9.51. The van der Waals surface area contributed by atoms with Crippen LogP contribution in [0, 0.1) is 13.8 Å². The first kappa shape index (κ1) is 20.9. The average molecular weight is 430 g/mol.